The molecule has 0 aliphatic carbocycles. The zero-order valence-corrected chi connectivity index (χ0v) is 10.9. The fourth-order valence-corrected chi connectivity index (χ4v) is 2.17. The van der Waals surface area contributed by atoms with E-state index >= 15 is 0 Å². The van der Waals surface area contributed by atoms with E-state index in [1.807, 2.05) is 28.8 Å². The van der Waals surface area contributed by atoms with Crippen LogP contribution in [0.15, 0.2) is 42.7 Å². The molecule has 0 spiro atoms. The zero-order chi connectivity index (χ0) is 13.4. The molecule has 0 unspecified atom stereocenters. The molecular weight excluding hydrogens is 267 g/mol. The molecule has 0 aliphatic heterocycles. The van der Waals surface area contributed by atoms with Gasteiger partial charge < -0.3 is 9.14 Å². The van der Waals surface area contributed by atoms with Gasteiger partial charge >= 0.3 is 0 Å². The third-order valence-corrected chi connectivity index (χ3v) is 3.18. The van der Waals surface area contributed by atoms with Crippen LogP contribution in [0.1, 0.15) is 0 Å². The molecule has 0 saturated heterocycles. The van der Waals surface area contributed by atoms with E-state index in [0.29, 0.717) is 17.0 Å². The van der Waals surface area contributed by atoms with Crippen molar-refractivity contribution in [3.8, 4) is 17.0 Å². The number of imidazole rings is 1. The van der Waals surface area contributed by atoms with Crippen LogP contribution in [0.5, 0.6) is 5.75 Å². The van der Waals surface area contributed by atoms with Gasteiger partial charge in [-0.05, 0) is 24.3 Å². The van der Waals surface area contributed by atoms with Crippen molar-refractivity contribution in [3.05, 3.63) is 53.6 Å². The van der Waals surface area contributed by atoms with E-state index in [0.717, 1.165) is 5.65 Å². The fraction of sp³-hybridized carbons (Fsp3) is 0.0714. The van der Waals surface area contributed by atoms with Crippen LogP contribution in [-0.4, -0.2) is 16.5 Å². The van der Waals surface area contributed by atoms with Gasteiger partial charge in [0, 0.05) is 18.0 Å². The molecule has 0 N–H and O–H groups in total. The number of benzene rings is 1. The first-order valence-electron chi connectivity index (χ1n) is 5.66. The summed E-state index contributed by atoms with van der Waals surface area (Å²) >= 11 is 5.88. The Kier molecular flexibility index (Phi) is 2.87. The molecule has 0 atom stereocenters. The minimum atomic E-state index is -0.422. The summed E-state index contributed by atoms with van der Waals surface area (Å²) in [6.07, 6.45) is 3.62. The van der Waals surface area contributed by atoms with E-state index in [2.05, 4.69) is 4.98 Å². The lowest BCUT2D eigenvalue weighted by molar-refractivity contribution is 0.414. The van der Waals surface area contributed by atoms with Crippen LogP contribution in [-0.2, 0) is 0 Å². The Balaban J connectivity index is 2.20. The molecule has 5 heteroatoms. The Morgan fingerprint density at radius 2 is 2.16 bits per heavy atom. The van der Waals surface area contributed by atoms with Crippen LogP contribution >= 0.6 is 11.6 Å². The molecule has 0 fully saturated rings. The van der Waals surface area contributed by atoms with Crippen molar-refractivity contribution in [1.82, 2.24) is 9.38 Å². The number of halogens is 2. The Bertz CT molecular complexity index is 721. The van der Waals surface area contributed by atoms with E-state index in [1.54, 1.807) is 12.3 Å². The highest BCUT2D eigenvalue weighted by molar-refractivity contribution is 6.32. The summed E-state index contributed by atoms with van der Waals surface area (Å²) in [5, 5.41) is 0.243. The maximum absolute atomic E-state index is 14.0. The van der Waals surface area contributed by atoms with Crippen molar-refractivity contribution in [3.63, 3.8) is 0 Å². The van der Waals surface area contributed by atoms with Gasteiger partial charge in [0.2, 0.25) is 0 Å². The number of aromatic nitrogens is 2. The third-order valence-electron chi connectivity index (χ3n) is 2.88. The van der Waals surface area contributed by atoms with E-state index in [9.17, 15) is 4.39 Å². The van der Waals surface area contributed by atoms with Crippen molar-refractivity contribution < 1.29 is 9.13 Å². The van der Waals surface area contributed by atoms with Gasteiger partial charge in [-0.1, -0.05) is 17.7 Å². The van der Waals surface area contributed by atoms with Crippen LogP contribution in [0, 0.1) is 5.82 Å². The van der Waals surface area contributed by atoms with E-state index < -0.39 is 5.82 Å². The molecular formula is C14H10ClFN2O. The lowest BCUT2D eigenvalue weighted by Gasteiger charge is -2.06. The number of pyridine rings is 1. The van der Waals surface area contributed by atoms with Crippen molar-refractivity contribution in [2.75, 3.05) is 7.11 Å². The van der Waals surface area contributed by atoms with E-state index in [4.69, 9.17) is 16.3 Å². The van der Waals surface area contributed by atoms with E-state index in [-0.39, 0.29) is 5.02 Å². The molecule has 1 aromatic carbocycles. The second-order valence-corrected chi connectivity index (χ2v) is 4.47. The average molecular weight is 277 g/mol. The standard InChI is InChI=1S/C14H10ClFN2O/c1-19-13-6-9(11(16)7-10(13)15)12-8-18-5-3-2-4-14(18)17-12/h2-8H,1H3. The molecule has 3 aromatic rings. The maximum Gasteiger partial charge on any atom is 0.138 e. The van der Waals surface area contributed by atoms with Crippen molar-refractivity contribution in [2.24, 2.45) is 0 Å². The summed E-state index contributed by atoms with van der Waals surface area (Å²) in [7, 11) is 1.49. The molecule has 96 valence electrons. The van der Waals surface area contributed by atoms with Gasteiger partial charge in [0.15, 0.2) is 0 Å². The van der Waals surface area contributed by atoms with E-state index in [1.165, 1.54) is 13.2 Å². The highest BCUT2D eigenvalue weighted by Crippen LogP contribution is 2.32. The summed E-state index contributed by atoms with van der Waals surface area (Å²) in [6.45, 7) is 0. The highest BCUT2D eigenvalue weighted by Gasteiger charge is 2.13. The minimum absolute atomic E-state index is 0.243. The molecule has 3 rings (SSSR count). The van der Waals surface area contributed by atoms with Gasteiger partial charge in [0.1, 0.15) is 17.2 Å². The maximum atomic E-state index is 14.0. The number of nitrogens with zero attached hydrogens (tertiary/aromatic N) is 2. The Morgan fingerprint density at radius 3 is 2.89 bits per heavy atom. The number of hydrogen-bond acceptors (Lipinski definition) is 2. The van der Waals surface area contributed by atoms with Crippen LogP contribution in [0.2, 0.25) is 5.02 Å². The Hall–Kier alpha value is -2.07. The third kappa shape index (κ3) is 2.04. The second kappa shape index (κ2) is 4.55. The van der Waals surface area contributed by atoms with Gasteiger partial charge in [-0.25, -0.2) is 9.37 Å². The summed E-state index contributed by atoms with van der Waals surface area (Å²) in [5.41, 5.74) is 1.66. The zero-order valence-electron chi connectivity index (χ0n) is 10.1. The smallest absolute Gasteiger partial charge is 0.138 e. The SMILES string of the molecule is COc1cc(-c2cn3ccccc3n2)c(F)cc1Cl. The van der Waals surface area contributed by atoms with Crippen molar-refractivity contribution in [1.29, 1.82) is 0 Å². The molecule has 2 heterocycles. The summed E-state index contributed by atoms with van der Waals surface area (Å²) in [4.78, 5) is 4.37. The number of hydrogen-bond donors (Lipinski definition) is 0. The summed E-state index contributed by atoms with van der Waals surface area (Å²) < 4.78 is 20.9. The molecule has 19 heavy (non-hydrogen) atoms. The molecule has 0 saturated carbocycles. The predicted molar refractivity (Wildman–Crippen MR) is 72.1 cm³/mol. The topological polar surface area (TPSA) is 26.5 Å². The largest absolute Gasteiger partial charge is 0.495 e. The normalized spacial score (nSPS) is 10.9. The average Bonchev–Trinajstić information content (AvgIpc) is 2.82. The lowest BCUT2D eigenvalue weighted by atomic mass is 10.1. The number of ether oxygens (including phenoxy) is 1. The molecule has 0 radical (unpaired) electrons. The lowest BCUT2D eigenvalue weighted by Crippen LogP contribution is -1.90. The van der Waals surface area contributed by atoms with Gasteiger partial charge in [0.25, 0.3) is 0 Å². The second-order valence-electron chi connectivity index (χ2n) is 4.06. The molecule has 2 aromatic heterocycles. The minimum Gasteiger partial charge on any atom is -0.495 e. The van der Waals surface area contributed by atoms with Gasteiger partial charge in [-0.2, -0.15) is 0 Å². The van der Waals surface area contributed by atoms with Gasteiger partial charge in [0.05, 0.1) is 17.8 Å². The fourth-order valence-electron chi connectivity index (χ4n) is 1.95. The first-order valence-corrected chi connectivity index (χ1v) is 6.04. The molecule has 0 bridgehead atoms. The van der Waals surface area contributed by atoms with Gasteiger partial charge in [-0.3, -0.25) is 0 Å². The van der Waals surface area contributed by atoms with Crippen LogP contribution < -0.4 is 4.74 Å². The predicted octanol–water partition coefficient (Wildman–Crippen LogP) is 3.80. The van der Waals surface area contributed by atoms with Crippen LogP contribution in [0.3, 0.4) is 0 Å². The first kappa shape index (κ1) is 12.0. The quantitative estimate of drug-likeness (QED) is 0.712. The molecule has 0 aliphatic rings. The monoisotopic (exact) mass is 276 g/mol. The Labute approximate surface area is 114 Å². The number of methoxy groups -OCH3 is 1. The number of rotatable bonds is 2. The summed E-state index contributed by atoms with van der Waals surface area (Å²) in [6, 6.07) is 8.41. The van der Waals surface area contributed by atoms with Crippen molar-refractivity contribution in [2.45, 2.75) is 0 Å². The molecule has 0 amide bonds. The van der Waals surface area contributed by atoms with Gasteiger partial charge in [-0.15, -0.1) is 0 Å². The number of fused-ring (bicyclic) bond motifs is 1. The summed E-state index contributed by atoms with van der Waals surface area (Å²) in [5.74, 6) is 0.00401. The highest BCUT2D eigenvalue weighted by atomic mass is 35.5. The van der Waals surface area contributed by atoms with Crippen LogP contribution in [0.25, 0.3) is 16.9 Å². The Morgan fingerprint density at radius 1 is 1.32 bits per heavy atom. The first-order chi connectivity index (χ1) is 9.19. The molecule has 3 nitrogen and oxygen atoms in total. The van der Waals surface area contributed by atoms with Crippen LogP contribution in [0.4, 0.5) is 4.39 Å². The van der Waals surface area contributed by atoms with Crippen molar-refractivity contribution >= 4 is 17.2 Å².